The molecule has 0 bridgehead atoms. The number of anilines is 1. The summed E-state index contributed by atoms with van der Waals surface area (Å²) in [5, 5.41) is 3.02. The molecule has 0 aliphatic carbocycles. The summed E-state index contributed by atoms with van der Waals surface area (Å²) < 4.78 is 1.41. The second-order valence-corrected chi connectivity index (χ2v) is 6.01. The molecule has 0 atom stereocenters. The zero-order chi connectivity index (χ0) is 18.7. The first kappa shape index (κ1) is 17.6. The van der Waals surface area contributed by atoms with Crippen molar-refractivity contribution in [2.24, 2.45) is 0 Å². The summed E-state index contributed by atoms with van der Waals surface area (Å²) >= 11 is 0. The van der Waals surface area contributed by atoms with Crippen molar-refractivity contribution in [3.8, 4) is 0 Å². The number of carbonyl (C=O) groups excluding carboxylic acids is 1. The quantitative estimate of drug-likeness (QED) is 0.736. The average molecular weight is 352 g/mol. The van der Waals surface area contributed by atoms with Gasteiger partial charge in [-0.25, -0.2) is 9.78 Å². The van der Waals surface area contributed by atoms with Crippen molar-refractivity contribution >= 4 is 22.6 Å². The molecule has 7 heteroatoms. The predicted molar refractivity (Wildman–Crippen MR) is 101 cm³/mol. The average Bonchev–Trinajstić information content (AvgIpc) is 2.65. The number of amides is 1. The minimum absolute atomic E-state index is 0.216. The molecule has 0 aliphatic heterocycles. The second-order valence-electron chi connectivity index (χ2n) is 6.01. The number of aromatic amines is 1. The zero-order valence-electron chi connectivity index (χ0n) is 14.7. The predicted octanol–water partition coefficient (Wildman–Crippen LogP) is 2.31. The summed E-state index contributed by atoms with van der Waals surface area (Å²) in [6.45, 7) is 4.40. The Hall–Kier alpha value is -3.22. The van der Waals surface area contributed by atoms with Crippen LogP contribution >= 0.6 is 0 Å². The molecule has 0 unspecified atom stereocenters. The molecule has 134 valence electrons. The van der Waals surface area contributed by atoms with Gasteiger partial charge in [-0.05, 0) is 36.6 Å². The van der Waals surface area contributed by atoms with E-state index in [1.807, 2.05) is 32.0 Å². The Bertz CT molecular complexity index is 1080. The SMILES string of the molecule is CCCn1c(=O)[nH]c(=O)c2cc(C(=O)Nc3cccc(CC)c3)cnc21. The largest absolute Gasteiger partial charge is 0.329 e. The van der Waals surface area contributed by atoms with Gasteiger partial charge in [0.05, 0.1) is 10.9 Å². The van der Waals surface area contributed by atoms with E-state index < -0.39 is 11.2 Å². The van der Waals surface area contributed by atoms with Gasteiger partial charge in [-0.15, -0.1) is 0 Å². The van der Waals surface area contributed by atoms with Crippen LogP contribution in [0.3, 0.4) is 0 Å². The van der Waals surface area contributed by atoms with Crippen LogP contribution in [0.25, 0.3) is 11.0 Å². The van der Waals surface area contributed by atoms with Crippen LogP contribution in [0.1, 0.15) is 36.2 Å². The highest BCUT2D eigenvalue weighted by Gasteiger charge is 2.13. The van der Waals surface area contributed by atoms with E-state index in [1.165, 1.54) is 16.8 Å². The molecule has 3 aromatic rings. The third-order valence-corrected chi connectivity index (χ3v) is 4.14. The van der Waals surface area contributed by atoms with E-state index in [9.17, 15) is 14.4 Å². The molecule has 0 aliphatic rings. The van der Waals surface area contributed by atoms with E-state index in [1.54, 1.807) is 6.07 Å². The van der Waals surface area contributed by atoms with E-state index in [4.69, 9.17) is 0 Å². The Balaban J connectivity index is 1.99. The highest BCUT2D eigenvalue weighted by molar-refractivity contribution is 6.05. The van der Waals surface area contributed by atoms with Crippen LogP contribution < -0.4 is 16.6 Å². The third kappa shape index (κ3) is 3.42. The fourth-order valence-corrected chi connectivity index (χ4v) is 2.80. The lowest BCUT2D eigenvalue weighted by molar-refractivity contribution is 0.102. The van der Waals surface area contributed by atoms with Gasteiger partial charge in [0.2, 0.25) is 0 Å². The Labute approximate surface area is 149 Å². The molecule has 1 amide bonds. The van der Waals surface area contributed by atoms with E-state index in [-0.39, 0.29) is 22.5 Å². The van der Waals surface area contributed by atoms with E-state index >= 15 is 0 Å². The molecular formula is C19H20N4O3. The smallest absolute Gasteiger partial charge is 0.322 e. The molecule has 26 heavy (non-hydrogen) atoms. The van der Waals surface area contributed by atoms with Crippen LogP contribution in [0.5, 0.6) is 0 Å². The van der Waals surface area contributed by atoms with Crippen LogP contribution in [-0.2, 0) is 13.0 Å². The molecule has 7 nitrogen and oxygen atoms in total. The first-order valence-corrected chi connectivity index (χ1v) is 8.56. The van der Waals surface area contributed by atoms with Crippen molar-refractivity contribution in [1.29, 1.82) is 0 Å². The number of H-pyrrole nitrogens is 1. The van der Waals surface area contributed by atoms with Crippen LogP contribution in [-0.4, -0.2) is 20.4 Å². The number of pyridine rings is 1. The lowest BCUT2D eigenvalue weighted by atomic mass is 10.1. The van der Waals surface area contributed by atoms with Crippen LogP contribution in [0.2, 0.25) is 0 Å². The van der Waals surface area contributed by atoms with Crippen molar-refractivity contribution in [1.82, 2.24) is 14.5 Å². The van der Waals surface area contributed by atoms with Crippen molar-refractivity contribution in [3.05, 3.63) is 68.5 Å². The van der Waals surface area contributed by atoms with Gasteiger partial charge in [-0.2, -0.15) is 0 Å². The van der Waals surface area contributed by atoms with Crippen molar-refractivity contribution in [2.45, 2.75) is 33.2 Å². The molecule has 0 saturated heterocycles. The number of rotatable bonds is 5. The molecule has 1 aromatic carbocycles. The second kappa shape index (κ2) is 7.35. The van der Waals surface area contributed by atoms with Gasteiger partial charge in [-0.1, -0.05) is 26.0 Å². The number of carbonyl (C=O) groups is 1. The van der Waals surface area contributed by atoms with Gasteiger partial charge in [0.15, 0.2) is 0 Å². The van der Waals surface area contributed by atoms with Crippen molar-refractivity contribution < 1.29 is 4.79 Å². The van der Waals surface area contributed by atoms with Gasteiger partial charge >= 0.3 is 5.69 Å². The lowest BCUT2D eigenvalue weighted by Crippen LogP contribution is -2.31. The van der Waals surface area contributed by atoms with Crippen LogP contribution in [0, 0.1) is 0 Å². The van der Waals surface area contributed by atoms with Gasteiger partial charge in [-0.3, -0.25) is 19.1 Å². The van der Waals surface area contributed by atoms with E-state index in [0.29, 0.717) is 12.2 Å². The normalized spacial score (nSPS) is 10.8. The Morgan fingerprint density at radius 2 is 2.04 bits per heavy atom. The summed E-state index contributed by atoms with van der Waals surface area (Å²) in [5.41, 5.74) is 1.29. The van der Waals surface area contributed by atoms with Gasteiger partial charge < -0.3 is 5.32 Å². The molecule has 0 radical (unpaired) electrons. The Morgan fingerprint density at radius 3 is 2.77 bits per heavy atom. The summed E-state index contributed by atoms with van der Waals surface area (Å²) in [4.78, 5) is 43.1. The number of nitrogens with one attached hydrogen (secondary N) is 2. The number of fused-ring (bicyclic) bond motifs is 1. The molecule has 0 fully saturated rings. The Kier molecular flexibility index (Phi) is 4.97. The minimum atomic E-state index is -0.549. The van der Waals surface area contributed by atoms with Gasteiger partial charge in [0.25, 0.3) is 11.5 Å². The lowest BCUT2D eigenvalue weighted by Gasteiger charge is -2.09. The number of aromatic nitrogens is 3. The van der Waals surface area contributed by atoms with Gasteiger partial charge in [0.1, 0.15) is 5.65 Å². The monoisotopic (exact) mass is 352 g/mol. The molecule has 0 saturated carbocycles. The number of benzene rings is 1. The van der Waals surface area contributed by atoms with E-state index in [0.717, 1.165) is 18.4 Å². The molecule has 2 aromatic heterocycles. The van der Waals surface area contributed by atoms with Gasteiger partial charge in [0, 0.05) is 18.4 Å². The summed E-state index contributed by atoms with van der Waals surface area (Å²) in [5.74, 6) is -0.361. The van der Waals surface area contributed by atoms with Crippen LogP contribution in [0.4, 0.5) is 5.69 Å². The maximum atomic E-state index is 12.5. The molecular weight excluding hydrogens is 332 g/mol. The van der Waals surface area contributed by atoms with Crippen molar-refractivity contribution in [3.63, 3.8) is 0 Å². The van der Waals surface area contributed by atoms with E-state index in [2.05, 4.69) is 15.3 Å². The number of hydrogen-bond acceptors (Lipinski definition) is 4. The molecule has 0 spiro atoms. The number of hydrogen-bond donors (Lipinski definition) is 2. The standard InChI is InChI=1S/C19H20N4O3/c1-3-8-23-16-15(18(25)22-19(23)26)10-13(11-20-16)17(24)21-14-7-5-6-12(4-2)9-14/h5-7,9-11H,3-4,8H2,1-2H3,(H,21,24)(H,22,25,26). The molecule has 3 rings (SSSR count). The summed E-state index contributed by atoms with van der Waals surface area (Å²) in [6, 6.07) is 9.03. The maximum Gasteiger partial charge on any atom is 0.329 e. The first-order valence-electron chi connectivity index (χ1n) is 8.56. The number of aryl methyl sites for hydroxylation is 2. The summed E-state index contributed by atoms with van der Waals surface area (Å²) in [7, 11) is 0. The van der Waals surface area contributed by atoms with Crippen molar-refractivity contribution in [2.75, 3.05) is 5.32 Å². The summed E-state index contributed by atoms with van der Waals surface area (Å²) in [6.07, 6.45) is 2.97. The minimum Gasteiger partial charge on any atom is -0.322 e. The number of nitrogens with zero attached hydrogens (tertiary/aromatic N) is 2. The Morgan fingerprint density at radius 1 is 1.23 bits per heavy atom. The highest BCUT2D eigenvalue weighted by Crippen LogP contribution is 2.14. The fraction of sp³-hybridized carbons (Fsp3) is 0.263. The topological polar surface area (TPSA) is 96.9 Å². The highest BCUT2D eigenvalue weighted by atomic mass is 16.2. The molecule has 2 N–H and O–H groups in total. The fourth-order valence-electron chi connectivity index (χ4n) is 2.80. The first-order chi connectivity index (χ1) is 12.5. The third-order valence-electron chi connectivity index (χ3n) is 4.14. The zero-order valence-corrected chi connectivity index (χ0v) is 14.7. The molecule has 2 heterocycles. The van der Waals surface area contributed by atoms with Crippen LogP contribution in [0.15, 0.2) is 46.1 Å². The maximum absolute atomic E-state index is 12.5.